The number of aryl methyl sites for hydroxylation is 1. The van der Waals surface area contributed by atoms with Gasteiger partial charge in [0, 0.05) is 32.7 Å². The average molecular weight is 430 g/mol. The normalized spacial score (nSPS) is 10.2. The van der Waals surface area contributed by atoms with Crippen molar-refractivity contribution >= 4 is 63.5 Å². The van der Waals surface area contributed by atoms with Crippen LogP contribution in [0, 0.1) is 6.92 Å². The Labute approximate surface area is 178 Å². The maximum absolute atomic E-state index is 12.5. The Morgan fingerprint density at radius 3 is 2.18 bits per heavy atom. The van der Waals surface area contributed by atoms with E-state index in [1.54, 1.807) is 30.3 Å². The summed E-state index contributed by atoms with van der Waals surface area (Å²) in [5.41, 5.74) is 3.60. The molecule has 3 aromatic carbocycles. The van der Waals surface area contributed by atoms with Crippen LogP contribution in [0.4, 0.5) is 17.1 Å². The largest absolute Gasteiger partial charge is 0.332 e. The summed E-state index contributed by atoms with van der Waals surface area (Å²) >= 11 is 17.4. The third-order valence-corrected chi connectivity index (χ3v) is 4.54. The van der Waals surface area contributed by atoms with Crippen molar-refractivity contribution in [2.75, 3.05) is 16.0 Å². The zero-order chi connectivity index (χ0) is 20.1. The van der Waals surface area contributed by atoms with E-state index in [0.29, 0.717) is 26.4 Å². The molecule has 0 heterocycles. The zero-order valence-corrected chi connectivity index (χ0v) is 17.3. The van der Waals surface area contributed by atoms with Crippen molar-refractivity contribution in [1.82, 2.24) is 0 Å². The van der Waals surface area contributed by atoms with Gasteiger partial charge in [-0.15, -0.1) is 0 Å². The third kappa shape index (κ3) is 5.45. The fraction of sp³-hybridized carbons (Fsp3) is 0.0476. The van der Waals surface area contributed by atoms with Crippen LogP contribution in [0.15, 0.2) is 66.7 Å². The minimum atomic E-state index is -0.199. The van der Waals surface area contributed by atoms with E-state index in [0.717, 1.165) is 16.9 Å². The summed E-state index contributed by atoms with van der Waals surface area (Å²) in [6.07, 6.45) is 0. The summed E-state index contributed by atoms with van der Waals surface area (Å²) in [5.74, 6) is -0.199. The molecular formula is C21H17Cl2N3OS. The summed E-state index contributed by atoms with van der Waals surface area (Å²) < 4.78 is 0. The predicted octanol–water partition coefficient (Wildman–Crippen LogP) is 6.36. The lowest BCUT2D eigenvalue weighted by Gasteiger charge is -2.14. The second-order valence-corrected chi connectivity index (χ2v) is 7.37. The van der Waals surface area contributed by atoms with Crippen LogP contribution in [-0.2, 0) is 0 Å². The maximum Gasteiger partial charge on any atom is 0.255 e. The van der Waals surface area contributed by atoms with E-state index in [9.17, 15) is 4.79 Å². The average Bonchev–Trinajstić information content (AvgIpc) is 2.63. The molecule has 0 aromatic heterocycles. The smallest absolute Gasteiger partial charge is 0.255 e. The number of carbonyl (C=O) groups is 1. The van der Waals surface area contributed by atoms with Gasteiger partial charge in [0.05, 0.1) is 0 Å². The van der Waals surface area contributed by atoms with Crippen molar-refractivity contribution < 1.29 is 4.79 Å². The molecule has 3 rings (SSSR count). The molecular weight excluding hydrogens is 413 g/mol. The second kappa shape index (κ2) is 9.06. The molecule has 0 aliphatic heterocycles. The van der Waals surface area contributed by atoms with Crippen molar-refractivity contribution in [3.63, 3.8) is 0 Å². The lowest BCUT2D eigenvalue weighted by Crippen LogP contribution is -2.20. The number of amides is 1. The van der Waals surface area contributed by atoms with E-state index < -0.39 is 0 Å². The summed E-state index contributed by atoms with van der Waals surface area (Å²) in [4.78, 5) is 12.5. The van der Waals surface area contributed by atoms with Gasteiger partial charge in [0.15, 0.2) is 5.11 Å². The SMILES string of the molecule is Cc1ccc(C(=O)Nc2ccccc2)cc1NC(=S)Nc1cc(Cl)cc(Cl)c1. The van der Waals surface area contributed by atoms with Gasteiger partial charge in [0.25, 0.3) is 5.91 Å². The molecule has 0 spiro atoms. The molecule has 0 saturated carbocycles. The molecule has 0 bridgehead atoms. The molecule has 4 nitrogen and oxygen atoms in total. The summed E-state index contributed by atoms with van der Waals surface area (Å²) in [7, 11) is 0. The van der Waals surface area contributed by atoms with Gasteiger partial charge in [-0.3, -0.25) is 4.79 Å². The number of para-hydroxylation sites is 1. The molecule has 0 aliphatic rings. The number of benzene rings is 3. The number of anilines is 3. The molecule has 0 radical (unpaired) electrons. The van der Waals surface area contributed by atoms with Gasteiger partial charge in [-0.25, -0.2) is 0 Å². The minimum Gasteiger partial charge on any atom is -0.332 e. The Balaban J connectivity index is 1.72. The molecule has 0 saturated heterocycles. The van der Waals surface area contributed by atoms with Crippen LogP contribution < -0.4 is 16.0 Å². The molecule has 1 amide bonds. The quantitative estimate of drug-likeness (QED) is 0.422. The van der Waals surface area contributed by atoms with Crippen LogP contribution >= 0.6 is 35.4 Å². The monoisotopic (exact) mass is 429 g/mol. The second-order valence-electron chi connectivity index (χ2n) is 6.09. The minimum absolute atomic E-state index is 0.199. The first-order valence-electron chi connectivity index (χ1n) is 8.42. The first kappa shape index (κ1) is 20.1. The summed E-state index contributed by atoms with van der Waals surface area (Å²) in [6.45, 7) is 1.93. The molecule has 28 heavy (non-hydrogen) atoms. The highest BCUT2D eigenvalue weighted by molar-refractivity contribution is 7.80. The fourth-order valence-corrected chi connectivity index (χ4v) is 3.29. The molecule has 0 aliphatic carbocycles. The zero-order valence-electron chi connectivity index (χ0n) is 14.9. The van der Waals surface area contributed by atoms with Crippen LogP contribution in [-0.4, -0.2) is 11.0 Å². The van der Waals surface area contributed by atoms with E-state index in [4.69, 9.17) is 35.4 Å². The predicted molar refractivity (Wildman–Crippen MR) is 122 cm³/mol. The molecule has 142 valence electrons. The Morgan fingerprint density at radius 2 is 1.50 bits per heavy atom. The van der Waals surface area contributed by atoms with Gasteiger partial charge in [-0.05, 0) is 67.2 Å². The van der Waals surface area contributed by atoms with Gasteiger partial charge in [0.1, 0.15) is 0 Å². The highest BCUT2D eigenvalue weighted by Gasteiger charge is 2.10. The molecule has 0 fully saturated rings. The topological polar surface area (TPSA) is 53.2 Å². The Morgan fingerprint density at radius 1 is 0.821 bits per heavy atom. The van der Waals surface area contributed by atoms with Gasteiger partial charge >= 0.3 is 0 Å². The maximum atomic E-state index is 12.5. The van der Waals surface area contributed by atoms with E-state index in [-0.39, 0.29) is 5.91 Å². The molecule has 3 aromatic rings. The lowest BCUT2D eigenvalue weighted by molar-refractivity contribution is 0.102. The Bertz CT molecular complexity index is 1010. The van der Waals surface area contributed by atoms with Gasteiger partial charge in [-0.2, -0.15) is 0 Å². The van der Waals surface area contributed by atoms with Crippen LogP contribution in [0.25, 0.3) is 0 Å². The van der Waals surface area contributed by atoms with E-state index in [1.165, 1.54) is 0 Å². The molecule has 3 N–H and O–H groups in total. The number of rotatable bonds is 4. The highest BCUT2D eigenvalue weighted by Crippen LogP contribution is 2.23. The number of halogens is 2. The number of hydrogen-bond donors (Lipinski definition) is 3. The summed E-state index contributed by atoms with van der Waals surface area (Å²) in [6, 6.07) is 19.8. The van der Waals surface area contributed by atoms with Crippen molar-refractivity contribution in [1.29, 1.82) is 0 Å². The van der Waals surface area contributed by atoms with E-state index in [2.05, 4.69) is 16.0 Å². The van der Waals surface area contributed by atoms with Gasteiger partial charge < -0.3 is 16.0 Å². The third-order valence-electron chi connectivity index (χ3n) is 3.90. The van der Waals surface area contributed by atoms with Crippen molar-refractivity contribution in [2.24, 2.45) is 0 Å². The van der Waals surface area contributed by atoms with Gasteiger partial charge in [0.2, 0.25) is 0 Å². The number of thiocarbonyl (C=S) groups is 1. The highest BCUT2D eigenvalue weighted by atomic mass is 35.5. The van der Waals surface area contributed by atoms with Crippen LogP contribution in [0.3, 0.4) is 0 Å². The van der Waals surface area contributed by atoms with Gasteiger partial charge in [-0.1, -0.05) is 47.5 Å². The fourth-order valence-electron chi connectivity index (χ4n) is 2.53. The number of hydrogen-bond acceptors (Lipinski definition) is 2. The lowest BCUT2D eigenvalue weighted by atomic mass is 10.1. The number of nitrogens with one attached hydrogen (secondary N) is 3. The van der Waals surface area contributed by atoms with Crippen molar-refractivity contribution in [3.8, 4) is 0 Å². The first-order chi connectivity index (χ1) is 13.4. The van der Waals surface area contributed by atoms with Crippen molar-refractivity contribution in [3.05, 3.63) is 87.9 Å². The Kier molecular flexibility index (Phi) is 6.52. The van der Waals surface area contributed by atoms with Crippen LogP contribution in [0.1, 0.15) is 15.9 Å². The standard InChI is InChI=1S/C21H17Cl2N3OS/c1-13-7-8-14(20(27)24-17-5-3-2-4-6-17)9-19(13)26-21(28)25-18-11-15(22)10-16(23)12-18/h2-12H,1H3,(H,24,27)(H2,25,26,28). The van der Waals surface area contributed by atoms with Crippen molar-refractivity contribution in [2.45, 2.75) is 6.92 Å². The van der Waals surface area contributed by atoms with Crippen LogP contribution in [0.2, 0.25) is 10.0 Å². The van der Waals surface area contributed by atoms with E-state index >= 15 is 0 Å². The molecule has 0 unspecified atom stereocenters. The summed E-state index contributed by atoms with van der Waals surface area (Å²) in [5, 5.41) is 10.4. The van der Waals surface area contributed by atoms with Crippen LogP contribution in [0.5, 0.6) is 0 Å². The molecule has 7 heteroatoms. The Hall–Kier alpha value is -2.60. The number of carbonyl (C=O) groups excluding carboxylic acids is 1. The van der Waals surface area contributed by atoms with E-state index in [1.807, 2.05) is 43.3 Å². The molecule has 0 atom stereocenters. The first-order valence-corrected chi connectivity index (χ1v) is 9.58.